The van der Waals surface area contributed by atoms with Crippen LogP contribution >= 0.6 is 37.2 Å². The van der Waals surface area contributed by atoms with E-state index in [0.717, 1.165) is 19.4 Å². The smallest absolute Gasteiger partial charge is 0.0832 e. The molecule has 1 aliphatic heterocycles. The summed E-state index contributed by atoms with van der Waals surface area (Å²) in [6, 6.07) is 0. The van der Waals surface area contributed by atoms with E-state index in [9.17, 15) is 0 Å². The second-order valence-corrected chi connectivity index (χ2v) is 2.34. The summed E-state index contributed by atoms with van der Waals surface area (Å²) in [6.45, 7) is 1.03. The van der Waals surface area contributed by atoms with Crippen molar-refractivity contribution in [2.75, 3.05) is 13.2 Å². The van der Waals surface area contributed by atoms with Gasteiger partial charge in [-0.2, -0.15) is 17.3 Å². The van der Waals surface area contributed by atoms with Crippen molar-refractivity contribution < 1.29 is 13.7 Å². The summed E-state index contributed by atoms with van der Waals surface area (Å²) < 4.78 is 8.25. The van der Waals surface area contributed by atoms with Gasteiger partial charge in [0.2, 0.25) is 0 Å². The monoisotopic (exact) mass is 222 g/mol. The molecule has 70 valence electrons. The maximum absolute atomic E-state index is 8.44. The molecule has 0 aliphatic carbocycles. The van der Waals surface area contributed by atoms with Gasteiger partial charge >= 0.3 is 0 Å². The molecule has 1 fully saturated rings. The SMILES string of the molecule is ClOCl.OCC1CCCO1.S. The van der Waals surface area contributed by atoms with Crippen LogP contribution in [0.1, 0.15) is 12.8 Å². The number of hydrogen-bond donors (Lipinski definition) is 1. The molecule has 3 nitrogen and oxygen atoms in total. The first-order valence-electron chi connectivity index (χ1n) is 2.97. The van der Waals surface area contributed by atoms with Crippen LogP contribution in [0.3, 0.4) is 0 Å². The van der Waals surface area contributed by atoms with E-state index in [4.69, 9.17) is 9.84 Å². The number of halogens is 2. The topological polar surface area (TPSA) is 38.7 Å². The lowest BCUT2D eigenvalue weighted by atomic mass is 10.2. The maximum Gasteiger partial charge on any atom is 0.0832 e. The van der Waals surface area contributed by atoms with E-state index in [1.54, 1.807) is 0 Å². The van der Waals surface area contributed by atoms with Gasteiger partial charge in [0.15, 0.2) is 0 Å². The Labute approximate surface area is 83.4 Å². The van der Waals surface area contributed by atoms with Crippen LogP contribution < -0.4 is 0 Å². The number of aliphatic hydroxyl groups is 1. The zero-order valence-corrected chi connectivity index (χ0v) is 8.44. The van der Waals surface area contributed by atoms with Crippen LogP contribution in [0.5, 0.6) is 0 Å². The number of ether oxygens (including phenoxy) is 1. The number of hydrogen-bond acceptors (Lipinski definition) is 3. The van der Waals surface area contributed by atoms with E-state index < -0.39 is 0 Å². The molecule has 1 N–H and O–H groups in total. The van der Waals surface area contributed by atoms with Crippen molar-refractivity contribution in [1.82, 2.24) is 0 Å². The van der Waals surface area contributed by atoms with Crippen LogP contribution in [0.2, 0.25) is 0 Å². The standard InChI is InChI=1S/C5H10O2.Cl2O.H2S/c6-4-5-2-1-3-7-5;1-3-2;/h5-6H,1-4H2;;1H2. The average Bonchev–Trinajstić information content (AvgIpc) is 2.39. The molecular formula is C5H12Cl2O3S. The molecule has 0 aromatic carbocycles. The lowest BCUT2D eigenvalue weighted by Gasteiger charge is -2.00. The molecule has 1 aliphatic rings. The first-order valence-corrected chi connectivity index (χ1v) is 3.58. The Kier molecular flexibility index (Phi) is 14.1. The zero-order valence-electron chi connectivity index (χ0n) is 5.93. The highest BCUT2D eigenvalue weighted by Gasteiger charge is 2.12. The molecule has 1 atom stereocenters. The van der Waals surface area contributed by atoms with Gasteiger partial charge in [0.05, 0.1) is 36.4 Å². The fourth-order valence-electron chi connectivity index (χ4n) is 0.788. The summed E-state index contributed by atoms with van der Waals surface area (Å²) in [5, 5.41) is 8.44. The Balaban J connectivity index is 0. The molecule has 1 unspecified atom stereocenters. The van der Waals surface area contributed by atoms with Crippen molar-refractivity contribution in [3.8, 4) is 0 Å². The van der Waals surface area contributed by atoms with Crippen LogP contribution in [-0.4, -0.2) is 24.4 Å². The summed E-state index contributed by atoms with van der Waals surface area (Å²) >= 11 is 8.53. The first kappa shape index (κ1) is 14.3. The molecule has 11 heavy (non-hydrogen) atoms. The van der Waals surface area contributed by atoms with E-state index in [2.05, 4.69) is 27.6 Å². The van der Waals surface area contributed by atoms with Gasteiger partial charge in [-0.05, 0) is 12.8 Å². The second kappa shape index (κ2) is 10.8. The van der Waals surface area contributed by atoms with Crippen molar-refractivity contribution in [3.05, 3.63) is 0 Å². The van der Waals surface area contributed by atoms with Crippen molar-refractivity contribution in [2.45, 2.75) is 18.9 Å². The van der Waals surface area contributed by atoms with Crippen LogP contribution in [0, 0.1) is 0 Å². The Hall–Kier alpha value is 0.810. The minimum Gasteiger partial charge on any atom is -0.394 e. The molecule has 0 saturated carbocycles. The molecule has 0 spiro atoms. The minimum absolute atomic E-state index is 0. The average molecular weight is 223 g/mol. The van der Waals surface area contributed by atoms with Gasteiger partial charge in [-0.25, -0.2) is 0 Å². The van der Waals surface area contributed by atoms with Crippen LogP contribution in [-0.2, 0) is 8.58 Å². The molecular weight excluding hydrogens is 211 g/mol. The van der Waals surface area contributed by atoms with E-state index in [1.807, 2.05) is 0 Å². The lowest BCUT2D eigenvalue weighted by Crippen LogP contribution is -2.09. The van der Waals surface area contributed by atoms with Gasteiger partial charge in [-0.15, -0.1) is 0 Å². The molecule has 0 aromatic rings. The summed E-state index contributed by atoms with van der Waals surface area (Å²) in [4.78, 5) is 0. The molecule has 1 rings (SSSR count). The molecule has 0 amide bonds. The van der Waals surface area contributed by atoms with E-state index in [-0.39, 0.29) is 26.2 Å². The normalized spacial score (nSPS) is 21.5. The van der Waals surface area contributed by atoms with Gasteiger partial charge in [0.25, 0.3) is 0 Å². The highest BCUT2D eigenvalue weighted by atomic mass is 35.6. The maximum atomic E-state index is 8.44. The Morgan fingerprint density at radius 1 is 1.55 bits per heavy atom. The third kappa shape index (κ3) is 8.72. The number of aliphatic hydroxyl groups excluding tert-OH is 1. The highest BCUT2D eigenvalue weighted by molar-refractivity contribution is 7.59. The van der Waals surface area contributed by atoms with Gasteiger partial charge in [-0.1, -0.05) is 0 Å². The first-order chi connectivity index (χ1) is 4.85. The van der Waals surface area contributed by atoms with Crippen molar-refractivity contribution in [2.24, 2.45) is 0 Å². The van der Waals surface area contributed by atoms with E-state index >= 15 is 0 Å². The van der Waals surface area contributed by atoms with E-state index in [0.29, 0.717) is 0 Å². The Morgan fingerprint density at radius 2 is 2.09 bits per heavy atom. The van der Waals surface area contributed by atoms with E-state index in [1.165, 1.54) is 0 Å². The number of rotatable bonds is 1. The fourth-order valence-corrected chi connectivity index (χ4v) is 0.788. The molecule has 0 aromatic heterocycles. The minimum atomic E-state index is 0. The van der Waals surface area contributed by atoms with Gasteiger partial charge < -0.3 is 9.84 Å². The van der Waals surface area contributed by atoms with Gasteiger partial charge in [0.1, 0.15) is 0 Å². The summed E-state index contributed by atoms with van der Waals surface area (Å²) in [5.74, 6) is 0. The highest BCUT2D eigenvalue weighted by Crippen LogP contribution is 2.09. The third-order valence-electron chi connectivity index (χ3n) is 1.23. The summed E-state index contributed by atoms with van der Waals surface area (Å²) in [6.07, 6.45) is 2.31. The predicted octanol–water partition coefficient (Wildman–Crippen LogP) is 1.58. The lowest BCUT2D eigenvalue weighted by molar-refractivity contribution is 0.0591. The molecule has 1 heterocycles. The fraction of sp³-hybridized carbons (Fsp3) is 1.00. The quantitative estimate of drug-likeness (QED) is 0.733. The third-order valence-corrected chi connectivity index (χ3v) is 1.23. The van der Waals surface area contributed by atoms with Crippen LogP contribution in [0.4, 0.5) is 0 Å². The zero-order chi connectivity index (χ0) is 7.82. The molecule has 0 radical (unpaired) electrons. The molecule has 6 heteroatoms. The van der Waals surface area contributed by atoms with Gasteiger partial charge in [-0.3, -0.25) is 0 Å². The molecule has 1 saturated heterocycles. The summed E-state index contributed by atoms with van der Waals surface area (Å²) in [7, 11) is 0. The Bertz CT molecular complexity index is 70.7. The Morgan fingerprint density at radius 3 is 2.27 bits per heavy atom. The molecule has 0 bridgehead atoms. The van der Waals surface area contributed by atoms with Gasteiger partial charge in [0, 0.05) is 6.61 Å². The van der Waals surface area contributed by atoms with Crippen LogP contribution in [0.15, 0.2) is 0 Å². The predicted molar refractivity (Wildman–Crippen MR) is 49.2 cm³/mol. The van der Waals surface area contributed by atoms with Crippen molar-refractivity contribution >= 4 is 37.2 Å². The largest absolute Gasteiger partial charge is 0.394 e. The van der Waals surface area contributed by atoms with Crippen molar-refractivity contribution in [3.63, 3.8) is 0 Å². The summed E-state index contributed by atoms with van der Waals surface area (Å²) in [5.41, 5.74) is 0. The van der Waals surface area contributed by atoms with Crippen LogP contribution in [0.25, 0.3) is 0 Å². The second-order valence-electron chi connectivity index (χ2n) is 1.88. The van der Waals surface area contributed by atoms with Crippen molar-refractivity contribution in [1.29, 1.82) is 0 Å².